The van der Waals surface area contributed by atoms with Crippen molar-refractivity contribution in [1.29, 1.82) is 0 Å². The van der Waals surface area contributed by atoms with Gasteiger partial charge in [-0.2, -0.15) is 0 Å². The van der Waals surface area contributed by atoms with Gasteiger partial charge in [0.25, 0.3) is 0 Å². The van der Waals surface area contributed by atoms with Crippen LogP contribution >= 0.6 is 0 Å². The maximum absolute atomic E-state index is 11.6. The molecule has 0 heterocycles. The van der Waals surface area contributed by atoms with Gasteiger partial charge in [-0.05, 0) is 12.1 Å². The number of likely N-dealkylation sites (N-methyl/N-ethyl adjacent to an activating group) is 1. The highest BCUT2D eigenvalue weighted by molar-refractivity contribution is 5.83. The minimum absolute atomic E-state index is 0.0588. The zero-order valence-electron chi connectivity index (χ0n) is 9.96. The molecule has 5 heteroatoms. The van der Waals surface area contributed by atoms with Crippen molar-refractivity contribution in [3.63, 3.8) is 0 Å². The van der Waals surface area contributed by atoms with E-state index in [1.807, 2.05) is 18.2 Å². The Bertz CT molecular complexity index is 390. The summed E-state index contributed by atoms with van der Waals surface area (Å²) in [7, 11) is 3.29. The molecule has 17 heavy (non-hydrogen) atoms. The molecule has 1 aromatic carbocycles. The van der Waals surface area contributed by atoms with E-state index in [-0.39, 0.29) is 19.0 Å². The molecule has 1 N–H and O–H groups in total. The first-order valence-corrected chi connectivity index (χ1v) is 5.22. The summed E-state index contributed by atoms with van der Waals surface area (Å²) in [6, 6.07) is 9.03. The number of carbonyl (C=O) groups excluding carboxylic acids is 1. The van der Waals surface area contributed by atoms with Crippen molar-refractivity contribution in [2.75, 3.05) is 32.1 Å². The topological polar surface area (TPSA) is 60.9 Å². The maximum Gasteiger partial charge on any atom is 0.323 e. The van der Waals surface area contributed by atoms with Crippen LogP contribution < -0.4 is 4.90 Å². The zero-order valence-corrected chi connectivity index (χ0v) is 9.96. The fraction of sp³-hybridized carbons (Fsp3) is 0.333. The summed E-state index contributed by atoms with van der Waals surface area (Å²) >= 11 is 0. The van der Waals surface area contributed by atoms with Gasteiger partial charge in [-0.25, -0.2) is 0 Å². The number of anilines is 1. The van der Waals surface area contributed by atoms with Crippen LogP contribution in [0.3, 0.4) is 0 Å². The van der Waals surface area contributed by atoms with Gasteiger partial charge in [0.1, 0.15) is 6.54 Å². The fourth-order valence-corrected chi connectivity index (χ4v) is 1.35. The quantitative estimate of drug-likeness (QED) is 0.816. The first-order valence-electron chi connectivity index (χ1n) is 5.22. The van der Waals surface area contributed by atoms with E-state index < -0.39 is 5.97 Å². The van der Waals surface area contributed by atoms with E-state index in [0.29, 0.717) is 0 Å². The number of carboxylic acids is 1. The number of rotatable bonds is 5. The van der Waals surface area contributed by atoms with Crippen LogP contribution in [-0.4, -0.2) is 49.1 Å². The van der Waals surface area contributed by atoms with Gasteiger partial charge in [-0.15, -0.1) is 0 Å². The Morgan fingerprint density at radius 1 is 1.12 bits per heavy atom. The average Bonchev–Trinajstić information content (AvgIpc) is 2.28. The van der Waals surface area contributed by atoms with Crippen molar-refractivity contribution >= 4 is 17.6 Å². The van der Waals surface area contributed by atoms with Crippen molar-refractivity contribution in [3.05, 3.63) is 30.3 Å². The molecule has 0 unspecified atom stereocenters. The fourth-order valence-electron chi connectivity index (χ4n) is 1.35. The lowest BCUT2D eigenvalue weighted by atomic mass is 10.3. The monoisotopic (exact) mass is 236 g/mol. The second-order valence-electron chi connectivity index (χ2n) is 3.87. The van der Waals surface area contributed by atoms with Crippen LogP contribution in [0.5, 0.6) is 0 Å². The average molecular weight is 236 g/mol. The number of hydrogen-bond donors (Lipinski definition) is 1. The number of amides is 1. The second-order valence-corrected chi connectivity index (χ2v) is 3.87. The standard InChI is InChI=1S/C12H16N2O3/c1-13(2)11(15)8-14(9-12(16)17)10-6-4-3-5-7-10/h3-7H,8-9H2,1-2H3,(H,16,17). The highest BCUT2D eigenvalue weighted by Gasteiger charge is 2.15. The molecule has 0 aliphatic carbocycles. The molecule has 1 aromatic rings. The molecule has 0 saturated carbocycles. The van der Waals surface area contributed by atoms with E-state index in [4.69, 9.17) is 5.11 Å². The molecule has 1 amide bonds. The highest BCUT2D eigenvalue weighted by atomic mass is 16.4. The lowest BCUT2D eigenvalue weighted by molar-refractivity contribution is -0.135. The molecular weight excluding hydrogens is 220 g/mol. The van der Waals surface area contributed by atoms with Gasteiger partial charge in [0.15, 0.2) is 0 Å². The van der Waals surface area contributed by atoms with Crippen LogP contribution in [0.2, 0.25) is 0 Å². The summed E-state index contributed by atoms with van der Waals surface area (Å²) in [6.07, 6.45) is 0. The van der Waals surface area contributed by atoms with Crippen molar-refractivity contribution in [3.8, 4) is 0 Å². The molecular formula is C12H16N2O3. The lowest BCUT2D eigenvalue weighted by Gasteiger charge is -2.23. The van der Waals surface area contributed by atoms with Crippen molar-refractivity contribution in [1.82, 2.24) is 4.90 Å². The number of benzene rings is 1. The van der Waals surface area contributed by atoms with Crippen LogP contribution in [0, 0.1) is 0 Å². The third-order valence-electron chi connectivity index (χ3n) is 2.27. The number of para-hydroxylation sites is 1. The normalized spacial score (nSPS) is 9.76. The summed E-state index contributed by atoms with van der Waals surface area (Å²) in [6.45, 7) is -0.132. The maximum atomic E-state index is 11.6. The van der Waals surface area contributed by atoms with Crippen molar-refractivity contribution in [2.45, 2.75) is 0 Å². The summed E-state index contributed by atoms with van der Waals surface area (Å²) in [5, 5.41) is 8.83. The largest absolute Gasteiger partial charge is 0.480 e. The van der Waals surface area contributed by atoms with Gasteiger partial charge in [-0.1, -0.05) is 18.2 Å². The third-order valence-corrected chi connectivity index (χ3v) is 2.27. The van der Waals surface area contributed by atoms with E-state index in [0.717, 1.165) is 5.69 Å². The Labute approximate surface area is 100 Å². The van der Waals surface area contributed by atoms with E-state index in [1.165, 1.54) is 9.80 Å². The van der Waals surface area contributed by atoms with E-state index in [9.17, 15) is 9.59 Å². The predicted octanol–water partition coefficient (Wildman–Crippen LogP) is 0.666. The van der Waals surface area contributed by atoms with Crippen LogP contribution in [0.1, 0.15) is 0 Å². The van der Waals surface area contributed by atoms with Gasteiger partial charge in [0.05, 0.1) is 6.54 Å². The molecule has 0 aliphatic heterocycles. The molecule has 1 rings (SSSR count). The Morgan fingerprint density at radius 2 is 1.71 bits per heavy atom. The molecule has 0 aromatic heterocycles. The lowest BCUT2D eigenvalue weighted by Crippen LogP contribution is -2.39. The minimum atomic E-state index is -0.958. The SMILES string of the molecule is CN(C)C(=O)CN(CC(=O)O)c1ccccc1. The van der Waals surface area contributed by atoms with Crippen LogP contribution in [0.15, 0.2) is 30.3 Å². The van der Waals surface area contributed by atoms with Crippen LogP contribution in [-0.2, 0) is 9.59 Å². The number of hydrogen-bond acceptors (Lipinski definition) is 3. The van der Waals surface area contributed by atoms with Gasteiger partial charge >= 0.3 is 5.97 Å². The number of aliphatic carboxylic acids is 1. The van der Waals surface area contributed by atoms with E-state index in [1.54, 1.807) is 26.2 Å². The van der Waals surface area contributed by atoms with E-state index in [2.05, 4.69) is 0 Å². The molecule has 0 spiro atoms. The van der Waals surface area contributed by atoms with Gasteiger partial charge in [0, 0.05) is 19.8 Å². The smallest absolute Gasteiger partial charge is 0.323 e. The summed E-state index contributed by atoms with van der Waals surface area (Å²) in [4.78, 5) is 25.3. The molecule has 0 bridgehead atoms. The predicted molar refractivity (Wildman–Crippen MR) is 65.0 cm³/mol. The summed E-state index contributed by atoms with van der Waals surface area (Å²) in [5.74, 6) is -1.09. The number of carboxylic acid groups (broad SMARTS) is 1. The zero-order chi connectivity index (χ0) is 12.8. The number of carbonyl (C=O) groups is 2. The minimum Gasteiger partial charge on any atom is -0.480 e. The van der Waals surface area contributed by atoms with E-state index >= 15 is 0 Å². The Kier molecular flexibility index (Phi) is 4.51. The van der Waals surface area contributed by atoms with Crippen molar-refractivity contribution in [2.24, 2.45) is 0 Å². The van der Waals surface area contributed by atoms with Gasteiger partial charge in [0.2, 0.25) is 5.91 Å². The molecule has 5 nitrogen and oxygen atoms in total. The molecule has 0 atom stereocenters. The summed E-state index contributed by atoms with van der Waals surface area (Å²) in [5.41, 5.74) is 0.727. The molecule has 0 aliphatic rings. The first kappa shape index (κ1) is 13.0. The van der Waals surface area contributed by atoms with Crippen LogP contribution in [0.25, 0.3) is 0 Å². The van der Waals surface area contributed by atoms with Gasteiger partial charge < -0.3 is 14.9 Å². The number of nitrogens with zero attached hydrogens (tertiary/aromatic N) is 2. The Hall–Kier alpha value is -2.04. The first-order chi connectivity index (χ1) is 8.00. The molecule has 0 fully saturated rings. The van der Waals surface area contributed by atoms with Crippen LogP contribution in [0.4, 0.5) is 5.69 Å². The highest BCUT2D eigenvalue weighted by Crippen LogP contribution is 2.12. The Morgan fingerprint density at radius 3 is 2.18 bits per heavy atom. The molecule has 0 radical (unpaired) electrons. The summed E-state index contributed by atoms with van der Waals surface area (Å²) < 4.78 is 0. The second kappa shape index (κ2) is 5.89. The third kappa shape index (κ3) is 4.14. The Balaban J connectivity index is 2.81. The molecule has 0 saturated heterocycles. The molecule has 92 valence electrons. The van der Waals surface area contributed by atoms with Gasteiger partial charge in [-0.3, -0.25) is 9.59 Å². The van der Waals surface area contributed by atoms with Crippen molar-refractivity contribution < 1.29 is 14.7 Å².